The molecule has 4 heteroatoms. The number of carboxylic acids is 1. The Morgan fingerprint density at radius 2 is 2.00 bits per heavy atom. The molecule has 0 saturated carbocycles. The summed E-state index contributed by atoms with van der Waals surface area (Å²) in [7, 11) is 0. The largest absolute Gasteiger partial charge is 0.493 e. The number of ether oxygens (including phenoxy) is 1. The first kappa shape index (κ1) is 13.5. The number of alkyl halides is 1. The first-order valence-corrected chi connectivity index (χ1v) is 5.73. The van der Waals surface area contributed by atoms with E-state index >= 15 is 0 Å². The fourth-order valence-corrected chi connectivity index (χ4v) is 1.46. The second kappa shape index (κ2) is 6.89. The van der Waals surface area contributed by atoms with E-state index in [4.69, 9.17) is 9.84 Å². The van der Waals surface area contributed by atoms with Gasteiger partial charge in [-0.1, -0.05) is 13.3 Å². The van der Waals surface area contributed by atoms with Crippen LogP contribution in [0.3, 0.4) is 0 Å². The molecule has 0 aliphatic rings. The zero-order valence-electron chi connectivity index (χ0n) is 9.86. The molecule has 1 atom stereocenters. The Balaban J connectivity index is 2.34. The molecule has 1 rings (SSSR count). The molecular weight excluding hydrogens is 223 g/mol. The summed E-state index contributed by atoms with van der Waals surface area (Å²) >= 11 is 0. The smallest absolute Gasteiger partial charge is 0.335 e. The molecule has 1 N–H and O–H groups in total. The molecule has 1 aromatic rings. The molecule has 0 aliphatic heterocycles. The van der Waals surface area contributed by atoms with Crippen LogP contribution in [0.1, 0.15) is 36.5 Å². The highest BCUT2D eigenvalue weighted by molar-refractivity contribution is 5.87. The van der Waals surface area contributed by atoms with Crippen molar-refractivity contribution in [1.29, 1.82) is 0 Å². The van der Waals surface area contributed by atoms with Gasteiger partial charge < -0.3 is 9.84 Å². The summed E-state index contributed by atoms with van der Waals surface area (Å²) < 4.78 is 18.4. The van der Waals surface area contributed by atoms with E-state index in [9.17, 15) is 9.18 Å². The molecule has 0 heterocycles. The van der Waals surface area contributed by atoms with Crippen LogP contribution in [-0.4, -0.2) is 23.9 Å². The Hall–Kier alpha value is -1.58. The molecule has 3 nitrogen and oxygen atoms in total. The minimum Gasteiger partial charge on any atom is -0.493 e. The second-order valence-electron chi connectivity index (χ2n) is 3.85. The lowest BCUT2D eigenvalue weighted by Gasteiger charge is -2.08. The van der Waals surface area contributed by atoms with Gasteiger partial charge in [-0.15, -0.1) is 0 Å². The summed E-state index contributed by atoms with van der Waals surface area (Å²) in [5.41, 5.74) is 0.215. The molecule has 0 amide bonds. The molecule has 1 aromatic carbocycles. The zero-order valence-corrected chi connectivity index (χ0v) is 9.86. The van der Waals surface area contributed by atoms with Gasteiger partial charge in [0.1, 0.15) is 11.9 Å². The molecule has 0 saturated heterocycles. The number of hydrogen-bond donors (Lipinski definition) is 1. The predicted octanol–water partition coefficient (Wildman–Crippen LogP) is 3.29. The van der Waals surface area contributed by atoms with Gasteiger partial charge in [0.25, 0.3) is 0 Å². The van der Waals surface area contributed by atoms with Crippen molar-refractivity contribution >= 4 is 5.97 Å². The van der Waals surface area contributed by atoms with Crippen LogP contribution in [0.5, 0.6) is 5.75 Å². The standard InChI is InChI=1S/C13H17FO3/c1-2-3-11(14)8-9-17-12-6-4-10(5-7-12)13(15)16/h4-7,11H,2-3,8-9H2,1H3,(H,15,16). The minimum atomic E-state index is -0.969. The van der Waals surface area contributed by atoms with Gasteiger partial charge >= 0.3 is 5.97 Å². The summed E-state index contributed by atoms with van der Waals surface area (Å²) in [6.07, 6.45) is 0.933. The molecule has 0 aliphatic carbocycles. The van der Waals surface area contributed by atoms with Crippen LogP contribution < -0.4 is 4.74 Å². The highest BCUT2D eigenvalue weighted by Gasteiger charge is 2.06. The van der Waals surface area contributed by atoms with E-state index in [2.05, 4.69) is 0 Å². The maximum Gasteiger partial charge on any atom is 0.335 e. The minimum absolute atomic E-state index is 0.215. The Labute approximate surface area is 100 Å². The van der Waals surface area contributed by atoms with Crippen LogP contribution in [0.4, 0.5) is 4.39 Å². The predicted molar refractivity (Wildman–Crippen MR) is 63.3 cm³/mol. The normalized spacial score (nSPS) is 12.1. The highest BCUT2D eigenvalue weighted by atomic mass is 19.1. The summed E-state index contributed by atoms with van der Waals surface area (Å²) in [6.45, 7) is 2.26. The Morgan fingerprint density at radius 3 is 2.53 bits per heavy atom. The van der Waals surface area contributed by atoms with Crippen LogP contribution in [-0.2, 0) is 0 Å². The lowest BCUT2D eigenvalue weighted by molar-refractivity contribution is 0.0697. The third-order valence-corrected chi connectivity index (χ3v) is 2.40. The molecule has 1 unspecified atom stereocenters. The van der Waals surface area contributed by atoms with E-state index in [1.165, 1.54) is 12.1 Å². The average Bonchev–Trinajstić information content (AvgIpc) is 2.30. The van der Waals surface area contributed by atoms with Crippen molar-refractivity contribution in [2.75, 3.05) is 6.61 Å². The van der Waals surface area contributed by atoms with Crippen molar-refractivity contribution in [3.05, 3.63) is 29.8 Å². The van der Waals surface area contributed by atoms with Gasteiger partial charge in [-0.25, -0.2) is 9.18 Å². The van der Waals surface area contributed by atoms with E-state index in [1.54, 1.807) is 12.1 Å². The van der Waals surface area contributed by atoms with E-state index in [0.717, 1.165) is 6.42 Å². The van der Waals surface area contributed by atoms with Crippen molar-refractivity contribution in [2.24, 2.45) is 0 Å². The lowest BCUT2D eigenvalue weighted by Crippen LogP contribution is -2.07. The Morgan fingerprint density at radius 1 is 1.35 bits per heavy atom. The van der Waals surface area contributed by atoms with Gasteiger partial charge in [-0.2, -0.15) is 0 Å². The number of hydrogen-bond acceptors (Lipinski definition) is 2. The van der Waals surface area contributed by atoms with Crippen LogP contribution in [0.2, 0.25) is 0 Å². The van der Waals surface area contributed by atoms with Crippen molar-refractivity contribution in [1.82, 2.24) is 0 Å². The average molecular weight is 240 g/mol. The van der Waals surface area contributed by atoms with Crippen LogP contribution in [0.15, 0.2) is 24.3 Å². The summed E-state index contributed by atoms with van der Waals surface area (Å²) in [6, 6.07) is 6.10. The van der Waals surface area contributed by atoms with Gasteiger partial charge in [0.05, 0.1) is 12.2 Å². The maximum absolute atomic E-state index is 13.1. The van der Waals surface area contributed by atoms with Crippen molar-refractivity contribution in [3.63, 3.8) is 0 Å². The number of rotatable bonds is 7. The van der Waals surface area contributed by atoms with Crippen molar-refractivity contribution in [2.45, 2.75) is 32.4 Å². The number of carbonyl (C=O) groups is 1. The molecule has 0 fully saturated rings. The summed E-state index contributed by atoms with van der Waals surface area (Å²) in [5, 5.41) is 8.69. The third kappa shape index (κ3) is 4.85. The molecular formula is C13H17FO3. The number of benzene rings is 1. The lowest BCUT2D eigenvalue weighted by atomic mass is 10.2. The van der Waals surface area contributed by atoms with Gasteiger partial charge in [-0.3, -0.25) is 0 Å². The van der Waals surface area contributed by atoms with Gasteiger partial charge in [-0.05, 0) is 30.7 Å². The highest BCUT2D eigenvalue weighted by Crippen LogP contribution is 2.14. The molecule has 0 spiro atoms. The zero-order chi connectivity index (χ0) is 12.7. The first-order valence-electron chi connectivity index (χ1n) is 5.73. The third-order valence-electron chi connectivity index (χ3n) is 2.40. The molecule has 17 heavy (non-hydrogen) atoms. The monoisotopic (exact) mass is 240 g/mol. The molecule has 0 aromatic heterocycles. The van der Waals surface area contributed by atoms with Gasteiger partial charge in [0, 0.05) is 6.42 Å². The fourth-order valence-electron chi connectivity index (χ4n) is 1.46. The van der Waals surface area contributed by atoms with E-state index in [0.29, 0.717) is 25.2 Å². The van der Waals surface area contributed by atoms with Crippen LogP contribution in [0, 0.1) is 0 Å². The Bertz CT molecular complexity index is 348. The maximum atomic E-state index is 13.1. The summed E-state index contributed by atoms with van der Waals surface area (Å²) in [4.78, 5) is 10.6. The quantitative estimate of drug-likeness (QED) is 0.795. The number of halogens is 1. The van der Waals surface area contributed by atoms with E-state index in [1.807, 2.05) is 6.92 Å². The molecule has 0 radical (unpaired) electrons. The van der Waals surface area contributed by atoms with Crippen LogP contribution >= 0.6 is 0 Å². The first-order chi connectivity index (χ1) is 8.13. The van der Waals surface area contributed by atoms with E-state index < -0.39 is 12.1 Å². The Kier molecular flexibility index (Phi) is 5.46. The number of aromatic carboxylic acids is 1. The SMILES string of the molecule is CCCC(F)CCOc1ccc(C(=O)O)cc1. The van der Waals surface area contributed by atoms with Crippen LogP contribution in [0.25, 0.3) is 0 Å². The van der Waals surface area contributed by atoms with Crippen molar-refractivity contribution < 1.29 is 19.0 Å². The van der Waals surface area contributed by atoms with Gasteiger partial charge in [0.15, 0.2) is 0 Å². The number of carboxylic acid groups (broad SMARTS) is 1. The van der Waals surface area contributed by atoms with E-state index in [-0.39, 0.29) is 5.56 Å². The van der Waals surface area contributed by atoms with Crippen molar-refractivity contribution in [3.8, 4) is 5.75 Å². The molecule has 0 bridgehead atoms. The fraction of sp³-hybridized carbons (Fsp3) is 0.462. The summed E-state index contributed by atoms with van der Waals surface area (Å²) in [5.74, 6) is -0.401. The second-order valence-corrected chi connectivity index (χ2v) is 3.85. The molecule has 94 valence electrons. The topological polar surface area (TPSA) is 46.5 Å². The van der Waals surface area contributed by atoms with Gasteiger partial charge in [0.2, 0.25) is 0 Å².